The van der Waals surface area contributed by atoms with E-state index < -0.39 is 0 Å². The minimum Gasteiger partial charge on any atom is -0.494 e. The number of aryl methyl sites for hydroxylation is 1. The van der Waals surface area contributed by atoms with Crippen LogP contribution in [-0.2, 0) is 4.79 Å². The molecule has 3 aromatic rings. The van der Waals surface area contributed by atoms with Crippen molar-refractivity contribution in [1.29, 1.82) is 0 Å². The zero-order valence-electron chi connectivity index (χ0n) is 20.7. The number of nitrogens with zero attached hydrogens (tertiary/aromatic N) is 4. The van der Waals surface area contributed by atoms with Gasteiger partial charge in [-0.15, -0.1) is 0 Å². The Morgan fingerprint density at radius 1 is 1.20 bits per heavy atom. The highest BCUT2D eigenvalue weighted by atomic mass is 35.5. The summed E-state index contributed by atoms with van der Waals surface area (Å²) in [6.07, 6.45) is 5.37. The SMILES string of the molecule is CCOc1ccc(/C=C/C(=O)Nc2ccc3nc(N4CCC(N(C)C)CC4)nc(C)c3c2)c(Cl)c1. The van der Waals surface area contributed by atoms with Crippen LogP contribution in [0, 0.1) is 6.92 Å². The number of hydrogen-bond donors (Lipinski definition) is 1. The first-order valence-electron chi connectivity index (χ1n) is 11.9. The van der Waals surface area contributed by atoms with Gasteiger partial charge in [0.05, 0.1) is 22.8 Å². The quantitative estimate of drug-likeness (QED) is 0.458. The van der Waals surface area contributed by atoms with Gasteiger partial charge in [-0.2, -0.15) is 0 Å². The Kier molecular flexibility index (Phi) is 7.88. The third-order valence-electron chi connectivity index (χ3n) is 6.32. The summed E-state index contributed by atoms with van der Waals surface area (Å²) in [6.45, 7) is 6.38. The van der Waals surface area contributed by atoms with Crippen molar-refractivity contribution in [2.75, 3.05) is 44.0 Å². The molecule has 1 aliphatic heterocycles. The van der Waals surface area contributed by atoms with Gasteiger partial charge in [0.2, 0.25) is 11.9 Å². The van der Waals surface area contributed by atoms with Gasteiger partial charge in [0.15, 0.2) is 0 Å². The average molecular weight is 494 g/mol. The van der Waals surface area contributed by atoms with Gasteiger partial charge >= 0.3 is 0 Å². The van der Waals surface area contributed by atoms with Crippen molar-refractivity contribution in [2.45, 2.75) is 32.7 Å². The molecule has 0 unspecified atom stereocenters. The summed E-state index contributed by atoms with van der Waals surface area (Å²) in [6, 6.07) is 11.7. The molecule has 0 aliphatic carbocycles. The second kappa shape index (κ2) is 11.1. The van der Waals surface area contributed by atoms with Crippen LogP contribution in [0.1, 0.15) is 31.0 Å². The number of carbonyl (C=O) groups is 1. The van der Waals surface area contributed by atoms with E-state index in [9.17, 15) is 4.79 Å². The first-order chi connectivity index (χ1) is 16.8. The van der Waals surface area contributed by atoms with Crippen LogP contribution in [0.15, 0.2) is 42.5 Å². The second-order valence-corrected chi connectivity index (χ2v) is 9.37. The Hall–Kier alpha value is -3.16. The molecule has 1 aromatic heterocycles. The summed E-state index contributed by atoms with van der Waals surface area (Å²) in [5, 5.41) is 4.36. The molecule has 184 valence electrons. The Balaban J connectivity index is 1.44. The van der Waals surface area contributed by atoms with Crippen LogP contribution in [-0.4, -0.2) is 60.6 Å². The molecular weight excluding hydrogens is 462 g/mol. The zero-order chi connectivity index (χ0) is 24.9. The van der Waals surface area contributed by atoms with Crippen molar-refractivity contribution in [2.24, 2.45) is 0 Å². The smallest absolute Gasteiger partial charge is 0.248 e. The van der Waals surface area contributed by atoms with Crippen molar-refractivity contribution in [3.05, 3.63) is 58.8 Å². The normalized spacial score (nSPS) is 14.7. The molecule has 7 nitrogen and oxygen atoms in total. The number of rotatable bonds is 7. The van der Waals surface area contributed by atoms with E-state index in [-0.39, 0.29) is 5.91 Å². The zero-order valence-corrected chi connectivity index (χ0v) is 21.5. The number of ether oxygens (including phenoxy) is 1. The van der Waals surface area contributed by atoms with Crippen LogP contribution in [0.5, 0.6) is 5.75 Å². The molecule has 2 aromatic carbocycles. The molecule has 8 heteroatoms. The van der Waals surface area contributed by atoms with Crippen molar-refractivity contribution in [1.82, 2.24) is 14.9 Å². The highest BCUT2D eigenvalue weighted by molar-refractivity contribution is 6.32. The maximum absolute atomic E-state index is 12.5. The average Bonchev–Trinajstić information content (AvgIpc) is 2.84. The fourth-order valence-electron chi connectivity index (χ4n) is 4.32. The van der Waals surface area contributed by atoms with Crippen LogP contribution in [0.2, 0.25) is 5.02 Å². The Bertz CT molecular complexity index is 1240. The molecule has 1 amide bonds. The highest BCUT2D eigenvalue weighted by Gasteiger charge is 2.22. The number of nitrogens with one attached hydrogen (secondary N) is 1. The van der Waals surface area contributed by atoms with Crippen LogP contribution >= 0.6 is 11.6 Å². The standard InChI is InChI=1S/C27H32ClN5O2/c1-5-35-22-9-6-19(24(28)17-22)7-11-26(34)30-20-8-10-25-23(16-20)18(2)29-27(31-25)33-14-12-21(13-15-33)32(3)4/h6-11,16-17,21H,5,12-15H2,1-4H3,(H,30,34)/b11-7+. The lowest BCUT2D eigenvalue weighted by Crippen LogP contribution is -2.42. The van der Waals surface area contributed by atoms with E-state index in [0.29, 0.717) is 29.1 Å². The van der Waals surface area contributed by atoms with Crippen LogP contribution in [0.25, 0.3) is 17.0 Å². The van der Waals surface area contributed by atoms with Gasteiger partial charge in [0, 0.05) is 36.3 Å². The van der Waals surface area contributed by atoms with Gasteiger partial charge in [-0.3, -0.25) is 4.79 Å². The summed E-state index contributed by atoms with van der Waals surface area (Å²) in [4.78, 5) is 26.6. The number of aromatic nitrogens is 2. The van der Waals surface area contributed by atoms with Crippen LogP contribution in [0.3, 0.4) is 0 Å². The van der Waals surface area contributed by atoms with Gasteiger partial charge in [0.25, 0.3) is 0 Å². The Morgan fingerprint density at radius 2 is 1.97 bits per heavy atom. The number of hydrogen-bond acceptors (Lipinski definition) is 6. The maximum Gasteiger partial charge on any atom is 0.248 e. The molecule has 1 aliphatic rings. The van der Waals surface area contributed by atoms with Crippen molar-refractivity contribution in [3.63, 3.8) is 0 Å². The summed E-state index contributed by atoms with van der Waals surface area (Å²) in [7, 11) is 4.27. The van der Waals surface area contributed by atoms with E-state index in [0.717, 1.165) is 54.0 Å². The Labute approximate surface area is 211 Å². The molecule has 1 saturated heterocycles. The molecule has 1 N–H and O–H groups in total. The van der Waals surface area contributed by atoms with E-state index in [1.807, 2.05) is 44.2 Å². The number of anilines is 2. The van der Waals surface area contributed by atoms with E-state index in [1.165, 1.54) is 6.08 Å². The highest BCUT2D eigenvalue weighted by Crippen LogP contribution is 2.26. The molecule has 2 heterocycles. The first-order valence-corrected chi connectivity index (χ1v) is 12.3. The molecule has 0 radical (unpaired) electrons. The molecule has 4 rings (SSSR count). The van der Waals surface area contributed by atoms with Crippen LogP contribution in [0.4, 0.5) is 11.6 Å². The predicted octanol–water partition coefficient (Wildman–Crippen LogP) is 5.17. The Morgan fingerprint density at radius 3 is 2.66 bits per heavy atom. The molecule has 0 atom stereocenters. The van der Waals surface area contributed by atoms with Crippen molar-refractivity contribution < 1.29 is 9.53 Å². The second-order valence-electron chi connectivity index (χ2n) is 8.96. The summed E-state index contributed by atoms with van der Waals surface area (Å²) in [5.74, 6) is 1.24. The topological polar surface area (TPSA) is 70.6 Å². The van der Waals surface area contributed by atoms with E-state index in [4.69, 9.17) is 26.3 Å². The number of halogens is 1. The van der Waals surface area contributed by atoms with E-state index in [2.05, 4.69) is 29.2 Å². The van der Waals surface area contributed by atoms with Crippen molar-refractivity contribution in [3.8, 4) is 5.75 Å². The molecule has 0 saturated carbocycles. The monoisotopic (exact) mass is 493 g/mol. The maximum atomic E-state index is 12.5. The molecule has 35 heavy (non-hydrogen) atoms. The molecule has 0 bridgehead atoms. The number of amides is 1. The fourth-order valence-corrected chi connectivity index (χ4v) is 4.55. The van der Waals surface area contributed by atoms with Crippen molar-refractivity contribution >= 4 is 46.1 Å². The largest absolute Gasteiger partial charge is 0.494 e. The lowest BCUT2D eigenvalue weighted by atomic mass is 10.0. The minimum absolute atomic E-state index is 0.242. The number of piperidine rings is 1. The molecule has 1 fully saturated rings. The predicted molar refractivity (Wildman–Crippen MR) is 143 cm³/mol. The first kappa shape index (κ1) is 24.9. The van der Waals surface area contributed by atoms with E-state index >= 15 is 0 Å². The van der Waals surface area contributed by atoms with Gasteiger partial charge in [-0.1, -0.05) is 11.6 Å². The number of carbonyl (C=O) groups excluding carboxylic acids is 1. The number of fused-ring (bicyclic) bond motifs is 1. The van der Waals surface area contributed by atoms with Gasteiger partial charge in [-0.25, -0.2) is 9.97 Å². The molecule has 0 spiro atoms. The lowest BCUT2D eigenvalue weighted by Gasteiger charge is -2.35. The summed E-state index contributed by atoms with van der Waals surface area (Å²) < 4.78 is 5.44. The third kappa shape index (κ3) is 6.10. The van der Waals surface area contributed by atoms with Gasteiger partial charge < -0.3 is 19.9 Å². The van der Waals surface area contributed by atoms with Gasteiger partial charge in [-0.05, 0) is 88.8 Å². The summed E-state index contributed by atoms with van der Waals surface area (Å²) in [5.41, 5.74) is 3.20. The lowest BCUT2D eigenvalue weighted by molar-refractivity contribution is -0.111. The van der Waals surface area contributed by atoms with Gasteiger partial charge in [0.1, 0.15) is 5.75 Å². The summed E-state index contributed by atoms with van der Waals surface area (Å²) >= 11 is 6.30. The minimum atomic E-state index is -0.242. The molecular formula is C27H32ClN5O2. The van der Waals surface area contributed by atoms with Crippen LogP contribution < -0.4 is 15.0 Å². The fraction of sp³-hybridized carbons (Fsp3) is 0.370. The third-order valence-corrected chi connectivity index (χ3v) is 6.64. The number of benzene rings is 2. The van der Waals surface area contributed by atoms with E-state index in [1.54, 1.807) is 12.1 Å².